The molecule has 2 aliphatic rings. The predicted molar refractivity (Wildman–Crippen MR) is 169 cm³/mol. The first kappa shape index (κ1) is 30.7. The normalized spacial score (nSPS) is 14.9. The molecule has 13 heteroatoms. The Kier molecular flexibility index (Phi) is 8.33. The van der Waals surface area contributed by atoms with Gasteiger partial charge in [0.05, 0.1) is 29.3 Å². The summed E-state index contributed by atoms with van der Waals surface area (Å²) < 4.78 is 34.8. The summed E-state index contributed by atoms with van der Waals surface area (Å²) in [5, 5.41) is 7.59. The van der Waals surface area contributed by atoms with Crippen LogP contribution < -0.4 is 5.32 Å². The minimum absolute atomic E-state index is 0.101. The maximum atomic E-state index is 13.8. The standard InChI is InChI=1S/C32H33N5O6S2/c1-4-43-32(40)35-15-14-26-27(19-35)44-30(28(26)31(39)37-21(3)17-20(2)34-37)33-29(38)23-9-11-25(12-10-23)45(41,42)36-16-13-22-7-5-6-8-24(22)18-36/h5-12,17H,4,13-16,18-19H2,1-3H3,(H,33,38). The van der Waals surface area contributed by atoms with Crippen molar-refractivity contribution in [3.63, 3.8) is 0 Å². The summed E-state index contributed by atoms with van der Waals surface area (Å²) in [6, 6.07) is 15.4. The molecule has 0 saturated heterocycles. The van der Waals surface area contributed by atoms with Gasteiger partial charge in [0, 0.05) is 35.8 Å². The predicted octanol–water partition coefficient (Wildman–Crippen LogP) is 4.76. The van der Waals surface area contributed by atoms with Gasteiger partial charge < -0.3 is 15.0 Å². The molecule has 2 aromatic heterocycles. The van der Waals surface area contributed by atoms with Crippen LogP contribution in [0.3, 0.4) is 0 Å². The molecule has 0 radical (unpaired) electrons. The molecule has 2 aromatic carbocycles. The van der Waals surface area contributed by atoms with Gasteiger partial charge in [0.15, 0.2) is 0 Å². The van der Waals surface area contributed by atoms with Crippen molar-refractivity contribution in [1.82, 2.24) is 19.0 Å². The molecule has 45 heavy (non-hydrogen) atoms. The van der Waals surface area contributed by atoms with E-state index in [2.05, 4.69) is 10.4 Å². The summed E-state index contributed by atoms with van der Waals surface area (Å²) in [6.45, 7) is 6.87. The highest BCUT2D eigenvalue weighted by Crippen LogP contribution is 2.38. The average Bonchev–Trinajstić information content (AvgIpc) is 3.57. The van der Waals surface area contributed by atoms with E-state index in [1.807, 2.05) is 24.3 Å². The molecule has 2 aliphatic heterocycles. The molecule has 0 atom stereocenters. The number of nitrogens with zero attached hydrogens (tertiary/aromatic N) is 4. The van der Waals surface area contributed by atoms with E-state index in [0.29, 0.717) is 54.4 Å². The number of thiophene rings is 1. The van der Waals surface area contributed by atoms with Gasteiger partial charge in [0.25, 0.3) is 11.8 Å². The van der Waals surface area contributed by atoms with Gasteiger partial charge in [-0.25, -0.2) is 17.9 Å². The minimum atomic E-state index is -3.77. The number of hydrogen-bond donors (Lipinski definition) is 1. The van der Waals surface area contributed by atoms with Crippen molar-refractivity contribution in [1.29, 1.82) is 0 Å². The number of anilines is 1. The number of ether oxygens (including phenoxy) is 1. The van der Waals surface area contributed by atoms with Crippen LogP contribution in [-0.4, -0.2) is 65.0 Å². The second-order valence-electron chi connectivity index (χ2n) is 11.1. The fraction of sp³-hybridized carbons (Fsp3) is 0.312. The lowest BCUT2D eigenvalue weighted by Crippen LogP contribution is -2.36. The van der Waals surface area contributed by atoms with E-state index in [0.717, 1.165) is 21.6 Å². The lowest BCUT2D eigenvalue weighted by atomic mass is 10.0. The molecule has 0 aliphatic carbocycles. The molecule has 4 aromatic rings. The smallest absolute Gasteiger partial charge is 0.410 e. The Balaban J connectivity index is 1.26. The Bertz CT molecular complexity index is 1910. The van der Waals surface area contributed by atoms with Crippen molar-refractivity contribution in [3.05, 3.63) is 98.7 Å². The second-order valence-corrected chi connectivity index (χ2v) is 14.1. The van der Waals surface area contributed by atoms with Crippen LogP contribution in [0.25, 0.3) is 0 Å². The van der Waals surface area contributed by atoms with Crippen LogP contribution in [0.2, 0.25) is 0 Å². The van der Waals surface area contributed by atoms with Crippen LogP contribution in [0.15, 0.2) is 59.5 Å². The Morgan fingerprint density at radius 2 is 1.71 bits per heavy atom. The van der Waals surface area contributed by atoms with Gasteiger partial charge in [-0.3, -0.25) is 9.59 Å². The molecular weight excluding hydrogens is 615 g/mol. The SMILES string of the molecule is CCOC(=O)N1CCc2c(sc(NC(=O)c3ccc(S(=O)(=O)N4CCc5ccccc5C4)cc3)c2C(=O)n2nc(C)cc2C)C1. The first-order chi connectivity index (χ1) is 21.6. The zero-order chi connectivity index (χ0) is 31.9. The molecular formula is C32H33N5O6S2. The number of sulfonamides is 1. The van der Waals surface area contributed by atoms with Gasteiger partial charge in [-0.1, -0.05) is 24.3 Å². The summed E-state index contributed by atoms with van der Waals surface area (Å²) in [6.07, 6.45) is 0.614. The summed E-state index contributed by atoms with van der Waals surface area (Å²) in [4.78, 5) is 42.2. The Hall–Kier alpha value is -4.33. The van der Waals surface area contributed by atoms with Crippen molar-refractivity contribution >= 4 is 44.3 Å². The van der Waals surface area contributed by atoms with E-state index in [-0.39, 0.29) is 29.5 Å². The van der Waals surface area contributed by atoms with Gasteiger partial charge in [0.1, 0.15) is 5.00 Å². The number of carbonyl (C=O) groups excluding carboxylic acids is 3. The summed E-state index contributed by atoms with van der Waals surface area (Å²) >= 11 is 1.23. The number of fused-ring (bicyclic) bond motifs is 2. The van der Waals surface area contributed by atoms with Crippen LogP contribution in [0.4, 0.5) is 9.80 Å². The highest BCUT2D eigenvalue weighted by Gasteiger charge is 2.33. The van der Waals surface area contributed by atoms with Gasteiger partial charge >= 0.3 is 6.09 Å². The fourth-order valence-corrected chi connectivity index (χ4v) is 8.48. The van der Waals surface area contributed by atoms with Gasteiger partial charge in [-0.2, -0.15) is 9.40 Å². The minimum Gasteiger partial charge on any atom is -0.450 e. The van der Waals surface area contributed by atoms with Crippen molar-refractivity contribution in [2.24, 2.45) is 0 Å². The highest BCUT2D eigenvalue weighted by molar-refractivity contribution is 7.89. The zero-order valence-electron chi connectivity index (χ0n) is 25.2. The lowest BCUT2D eigenvalue weighted by molar-refractivity contribution is 0.0941. The molecule has 0 fully saturated rings. The molecule has 0 bridgehead atoms. The number of nitrogens with one attached hydrogen (secondary N) is 1. The quantitative estimate of drug-likeness (QED) is 0.319. The van der Waals surface area contributed by atoms with E-state index in [1.165, 1.54) is 44.6 Å². The fourth-order valence-electron chi connectivity index (χ4n) is 5.81. The van der Waals surface area contributed by atoms with E-state index < -0.39 is 22.0 Å². The third-order valence-electron chi connectivity index (χ3n) is 8.08. The second kappa shape index (κ2) is 12.2. The maximum absolute atomic E-state index is 13.8. The molecule has 6 rings (SSSR count). The third-order valence-corrected chi connectivity index (χ3v) is 11.1. The van der Waals surface area contributed by atoms with E-state index in [9.17, 15) is 22.8 Å². The number of aromatic nitrogens is 2. The first-order valence-electron chi connectivity index (χ1n) is 14.7. The van der Waals surface area contributed by atoms with Crippen LogP contribution in [0.1, 0.15) is 60.6 Å². The van der Waals surface area contributed by atoms with Crippen LogP contribution in [0.5, 0.6) is 0 Å². The van der Waals surface area contributed by atoms with Crippen molar-refractivity contribution < 1.29 is 27.5 Å². The largest absolute Gasteiger partial charge is 0.450 e. The first-order valence-corrected chi connectivity index (χ1v) is 16.9. The number of rotatable bonds is 6. The number of hydrogen-bond acceptors (Lipinski definition) is 8. The topological polar surface area (TPSA) is 131 Å². The monoisotopic (exact) mass is 647 g/mol. The maximum Gasteiger partial charge on any atom is 0.410 e. The Labute approximate surface area is 265 Å². The van der Waals surface area contributed by atoms with E-state index in [4.69, 9.17) is 4.74 Å². The van der Waals surface area contributed by atoms with Gasteiger partial charge in [0.2, 0.25) is 10.0 Å². The van der Waals surface area contributed by atoms with E-state index >= 15 is 0 Å². The highest BCUT2D eigenvalue weighted by atomic mass is 32.2. The molecule has 1 N–H and O–H groups in total. The van der Waals surface area contributed by atoms with Gasteiger partial charge in [-0.05, 0) is 80.6 Å². The molecule has 0 saturated carbocycles. The molecule has 11 nitrogen and oxygen atoms in total. The molecule has 4 heterocycles. The molecule has 0 unspecified atom stereocenters. The Morgan fingerprint density at radius 3 is 2.40 bits per heavy atom. The summed E-state index contributed by atoms with van der Waals surface area (Å²) in [5.41, 5.74) is 4.82. The number of aryl methyl sites for hydroxylation is 2. The lowest BCUT2D eigenvalue weighted by Gasteiger charge is -2.28. The van der Waals surface area contributed by atoms with Crippen LogP contribution >= 0.6 is 11.3 Å². The summed E-state index contributed by atoms with van der Waals surface area (Å²) in [7, 11) is -3.77. The van der Waals surface area contributed by atoms with E-state index in [1.54, 1.807) is 31.7 Å². The van der Waals surface area contributed by atoms with Gasteiger partial charge in [-0.15, -0.1) is 11.3 Å². The number of amides is 2. The van der Waals surface area contributed by atoms with Crippen LogP contribution in [0, 0.1) is 13.8 Å². The third kappa shape index (κ3) is 5.90. The van der Waals surface area contributed by atoms with Crippen molar-refractivity contribution in [2.45, 2.75) is 51.6 Å². The molecule has 0 spiro atoms. The summed E-state index contributed by atoms with van der Waals surface area (Å²) in [5.74, 6) is -0.864. The number of benzene rings is 2. The van der Waals surface area contributed by atoms with Crippen LogP contribution in [-0.2, 0) is 40.7 Å². The molecule has 234 valence electrons. The number of carbonyl (C=O) groups is 3. The average molecular weight is 648 g/mol. The molecule has 2 amide bonds. The Morgan fingerprint density at radius 1 is 0.978 bits per heavy atom. The zero-order valence-corrected chi connectivity index (χ0v) is 26.8. The van der Waals surface area contributed by atoms with Crippen molar-refractivity contribution in [3.8, 4) is 0 Å². The van der Waals surface area contributed by atoms with Crippen molar-refractivity contribution in [2.75, 3.05) is 25.0 Å².